The van der Waals surface area contributed by atoms with Crippen LogP contribution in [-0.2, 0) is 11.2 Å². The Balaban J connectivity index is 2.54. The monoisotopic (exact) mass is 311 g/mol. The number of carbonyl (C=O) groups excluding carboxylic acids is 1. The van der Waals surface area contributed by atoms with Crippen molar-refractivity contribution < 1.29 is 14.3 Å². The smallest absolute Gasteiger partial charge is 0.350 e. The molecule has 2 aromatic heterocycles. The van der Waals surface area contributed by atoms with Gasteiger partial charge in [-0.3, -0.25) is 0 Å². The van der Waals surface area contributed by atoms with E-state index < -0.39 is 0 Å². The van der Waals surface area contributed by atoms with Crippen LogP contribution < -0.4 is 10.5 Å². The van der Waals surface area contributed by atoms with Crippen LogP contribution in [0.2, 0.25) is 0 Å². The number of hydrogen-bond acceptors (Lipinski definition) is 6. The van der Waals surface area contributed by atoms with Gasteiger partial charge in [0, 0.05) is 0 Å². The summed E-state index contributed by atoms with van der Waals surface area (Å²) in [5.74, 6) is 0.452. The summed E-state index contributed by atoms with van der Waals surface area (Å²) in [5, 5.41) is 1.97. The van der Waals surface area contributed by atoms with Gasteiger partial charge in [0.15, 0.2) is 0 Å². The number of carbonyl (C=O) groups is 1. The lowest BCUT2D eigenvalue weighted by molar-refractivity contribution is 0.0533. The Morgan fingerprint density at radius 1 is 1.35 bits per heavy atom. The van der Waals surface area contributed by atoms with Crippen molar-refractivity contribution in [2.75, 3.05) is 19.5 Å². The molecule has 2 N–H and O–H groups in total. The summed E-state index contributed by atoms with van der Waals surface area (Å²) in [6.07, 6.45) is 0.762. The molecule has 2 heterocycles. The van der Waals surface area contributed by atoms with Crippen LogP contribution in [0.4, 0.5) is 5.69 Å². The maximum Gasteiger partial charge on any atom is 0.350 e. The molecule has 2 rings (SSSR count). The highest BCUT2D eigenvalue weighted by Gasteiger charge is 2.23. The van der Waals surface area contributed by atoms with E-state index in [9.17, 15) is 4.79 Å². The van der Waals surface area contributed by atoms with Gasteiger partial charge in [-0.15, -0.1) is 22.7 Å². The number of anilines is 1. The van der Waals surface area contributed by atoms with Gasteiger partial charge in [-0.05, 0) is 30.4 Å². The van der Waals surface area contributed by atoms with Gasteiger partial charge in [0.1, 0.15) is 10.6 Å². The van der Waals surface area contributed by atoms with Crippen molar-refractivity contribution in [2.45, 2.75) is 20.3 Å². The van der Waals surface area contributed by atoms with Crippen LogP contribution >= 0.6 is 22.7 Å². The number of thiophene rings is 2. The minimum absolute atomic E-state index is 0.343. The van der Waals surface area contributed by atoms with Crippen LogP contribution in [0.25, 0.3) is 9.75 Å². The third-order valence-corrected chi connectivity index (χ3v) is 5.21. The lowest BCUT2D eigenvalue weighted by Crippen LogP contribution is -2.05. The third kappa shape index (κ3) is 2.53. The summed E-state index contributed by atoms with van der Waals surface area (Å²) >= 11 is 2.96. The van der Waals surface area contributed by atoms with Crippen molar-refractivity contribution in [1.82, 2.24) is 0 Å². The van der Waals surface area contributed by atoms with E-state index in [1.165, 1.54) is 11.3 Å². The standard InChI is InChI=1S/C14H17NO3S2/c1-4-8-10(15)13(14(16)18-5-2)20-11(8)12-9(17-3)6-7-19-12/h6-7H,4-5,15H2,1-3H3. The maximum absolute atomic E-state index is 12.0. The first-order chi connectivity index (χ1) is 9.63. The minimum Gasteiger partial charge on any atom is -0.495 e. The first kappa shape index (κ1) is 14.9. The molecule has 4 nitrogen and oxygen atoms in total. The average Bonchev–Trinajstić information content (AvgIpc) is 3.02. The second-order valence-electron chi connectivity index (χ2n) is 4.04. The molecule has 0 unspecified atom stereocenters. The number of methoxy groups -OCH3 is 1. The van der Waals surface area contributed by atoms with Crippen molar-refractivity contribution in [3.8, 4) is 15.5 Å². The second-order valence-corrected chi connectivity index (χ2v) is 5.98. The zero-order valence-corrected chi connectivity index (χ0v) is 13.3. The molecule has 0 spiro atoms. The third-order valence-electron chi connectivity index (χ3n) is 2.92. The fraction of sp³-hybridized carbons (Fsp3) is 0.357. The predicted octanol–water partition coefficient (Wildman–Crippen LogP) is 3.81. The van der Waals surface area contributed by atoms with E-state index in [1.54, 1.807) is 25.4 Å². The highest BCUT2D eigenvalue weighted by molar-refractivity contribution is 7.23. The number of rotatable bonds is 5. The maximum atomic E-state index is 12.0. The molecule has 108 valence electrons. The highest BCUT2D eigenvalue weighted by Crippen LogP contribution is 2.45. The lowest BCUT2D eigenvalue weighted by Gasteiger charge is -2.03. The average molecular weight is 311 g/mol. The van der Waals surface area contributed by atoms with Crippen molar-refractivity contribution in [2.24, 2.45) is 0 Å². The Bertz CT molecular complexity index is 616. The van der Waals surface area contributed by atoms with Crippen LogP contribution in [0.1, 0.15) is 29.1 Å². The van der Waals surface area contributed by atoms with E-state index >= 15 is 0 Å². The van der Waals surface area contributed by atoms with E-state index in [0.717, 1.165) is 27.5 Å². The Morgan fingerprint density at radius 3 is 2.70 bits per heavy atom. The van der Waals surface area contributed by atoms with Crippen molar-refractivity contribution in [3.63, 3.8) is 0 Å². The highest BCUT2D eigenvalue weighted by atomic mass is 32.1. The number of hydrogen-bond donors (Lipinski definition) is 1. The Labute approximate surface area is 126 Å². The molecule has 0 amide bonds. The number of ether oxygens (including phenoxy) is 2. The molecular weight excluding hydrogens is 294 g/mol. The molecule has 0 saturated heterocycles. The van der Waals surface area contributed by atoms with Gasteiger partial charge >= 0.3 is 5.97 Å². The number of nitrogens with two attached hydrogens (primary N) is 1. The molecule has 0 aliphatic rings. The zero-order valence-electron chi connectivity index (χ0n) is 11.7. The van der Waals surface area contributed by atoms with Gasteiger partial charge in [-0.2, -0.15) is 0 Å². The lowest BCUT2D eigenvalue weighted by atomic mass is 10.1. The number of nitrogen functional groups attached to an aromatic ring is 1. The van der Waals surface area contributed by atoms with E-state index in [0.29, 0.717) is 17.2 Å². The van der Waals surface area contributed by atoms with E-state index in [2.05, 4.69) is 0 Å². The van der Waals surface area contributed by atoms with E-state index in [1.807, 2.05) is 18.4 Å². The van der Waals surface area contributed by atoms with Gasteiger partial charge < -0.3 is 15.2 Å². The zero-order chi connectivity index (χ0) is 14.7. The van der Waals surface area contributed by atoms with Gasteiger partial charge in [-0.25, -0.2) is 4.79 Å². The molecule has 0 aliphatic carbocycles. The summed E-state index contributed by atoms with van der Waals surface area (Å²) in [6.45, 7) is 4.15. The van der Waals surface area contributed by atoms with Crippen molar-refractivity contribution in [1.29, 1.82) is 0 Å². The molecule has 0 bridgehead atoms. The van der Waals surface area contributed by atoms with Crippen molar-refractivity contribution >= 4 is 34.3 Å². The molecule has 0 saturated carbocycles. The summed E-state index contributed by atoms with van der Waals surface area (Å²) in [7, 11) is 1.64. The number of esters is 1. The SMILES string of the molecule is CCOC(=O)c1sc(-c2sccc2OC)c(CC)c1N. The predicted molar refractivity (Wildman–Crippen MR) is 83.9 cm³/mol. The van der Waals surface area contributed by atoms with Crippen LogP contribution in [0.5, 0.6) is 5.75 Å². The molecule has 0 radical (unpaired) electrons. The van der Waals surface area contributed by atoms with Gasteiger partial charge in [0.05, 0.1) is 29.2 Å². The van der Waals surface area contributed by atoms with E-state index in [-0.39, 0.29) is 5.97 Å². The quantitative estimate of drug-likeness (QED) is 0.853. The fourth-order valence-corrected chi connectivity index (χ4v) is 4.23. The summed E-state index contributed by atoms with van der Waals surface area (Å²) in [6, 6.07) is 1.92. The molecule has 2 aromatic rings. The molecule has 0 aromatic carbocycles. The fourth-order valence-electron chi connectivity index (χ4n) is 1.98. The summed E-state index contributed by atoms with van der Waals surface area (Å²) in [5.41, 5.74) is 7.63. The van der Waals surface area contributed by atoms with Gasteiger partial charge in [0.2, 0.25) is 0 Å². The topological polar surface area (TPSA) is 61.5 Å². The molecule has 0 aliphatic heterocycles. The minimum atomic E-state index is -0.355. The van der Waals surface area contributed by atoms with Crippen molar-refractivity contribution in [3.05, 3.63) is 21.9 Å². The van der Waals surface area contributed by atoms with Gasteiger partial charge in [0.25, 0.3) is 0 Å². The first-order valence-electron chi connectivity index (χ1n) is 6.34. The van der Waals surface area contributed by atoms with Crippen LogP contribution in [0.15, 0.2) is 11.4 Å². The summed E-state index contributed by atoms with van der Waals surface area (Å²) in [4.78, 5) is 14.4. The van der Waals surface area contributed by atoms with Crippen LogP contribution in [-0.4, -0.2) is 19.7 Å². The van der Waals surface area contributed by atoms with Crippen LogP contribution in [0, 0.1) is 0 Å². The molecule has 0 atom stereocenters. The molecule has 0 fully saturated rings. The van der Waals surface area contributed by atoms with Gasteiger partial charge in [-0.1, -0.05) is 6.92 Å². The normalized spacial score (nSPS) is 10.6. The first-order valence-corrected chi connectivity index (χ1v) is 8.03. The largest absolute Gasteiger partial charge is 0.495 e. The second kappa shape index (κ2) is 6.28. The summed E-state index contributed by atoms with van der Waals surface area (Å²) < 4.78 is 10.4. The van der Waals surface area contributed by atoms with Crippen LogP contribution in [0.3, 0.4) is 0 Å². The Kier molecular flexibility index (Phi) is 4.67. The molecule has 6 heteroatoms. The molecular formula is C14H17NO3S2. The van der Waals surface area contributed by atoms with E-state index in [4.69, 9.17) is 15.2 Å². The Hall–Kier alpha value is -1.53. The molecule has 20 heavy (non-hydrogen) atoms. The Morgan fingerprint density at radius 2 is 2.10 bits per heavy atom.